The molecular formula is C17H31NO3. The van der Waals surface area contributed by atoms with Crippen molar-refractivity contribution in [1.82, 2.24) is 5.32 Å². The predicted octanol–water partition coefficient (Wildman–Crippen LogP) is 3.93. The van der Waals surface area contributed by atoms with Gasteiger partial charge < -0.3 is 10.1 Å². The lowest BCUT2D eigenvalue weighted by Crippen LogP contribution is -2.33. The number of unbranched alkanes of at least 4 members (excludes halogenated alkanes) is 1. The number of hydrogen-bond donors (Lipinski definition) is 1. The Kier molecular flexibility index (Phi) is 5.83. The fourth-order valence-electron chi connectivity index (χ4n) is 3.27. The topological polar surface area (TPSA) is 55.4 Å². The maximum atomic E-state index is 12.2. The molecule has 0 saturated heterocycles. The number of hydrogen-bond acceptors (Lipinski definition) is 3. The van der Waals surface area contributed by atoms with E-state index < -0.39 is 5.60 Å². The van der Waals surface area contributed by atoms with Crippen molar-refractivity contribution in [3.63, 3.8) is 0 Å². The summed E-state index contributed by atoms with van der Waals surface area (Å²) in [6.45, 7) is 12.6. The Hall–Kier alpha value is -1.06. The van der Waals surface area contributed by atoms with Crippen LogP contribution < -0.4 is 5.32 Å². The lowest BCUT2D eigenvalue weighted by molar-refractivity contribution is -0.124. The zero-order chi connectivity index (χ0) is 16.3. The van der Waals surface area contributed by atoms with E-state index in [9.17, 15) is 9.59 Å². The van der Waals surface area contributed by atoms with Crippen molar-refractivity contribution in [1.29, 1.82) is 0 Å². The highest BCUT2D eigenvalue weighted by Gasteiger charge is 2.44. The van der Waals surface area contributed by atoms with Crippen LogP contribution in [-0.2, 0) is 9.53 Å². The van der Waals surface area contributed by atoms with E-state index in [1.807, 2.05) is 27.7 Å². The maximum Gasteiger partial charge on any atom is 0.407 e. The Morgan fingerprint density at radius 3 is 2.43 bits per heavy atom. The standard InChI is InChI=1S/C17H31NO3/c1-12-11-17(5,6)13(14(12)19)9-7-8-10-18-15(20)21-16(2,3)4/h12-13H,7-11H2,1-6H3,(H,18,20)/t12?,13-/m0/s1. The lowest BCUT2D eigenvalue weighted by Gasteiger charge is -2.25. The third-order valence-electron chi connectivity index (χ3n) is 4.19. The molecule has 1 fully saturated rings. The van der Waals surface area contributed by atoms with Crippen molar-refractivity contribution < 1.29 is 14.3 Å². The van der Waals surface area contributed by atoms with Gasteiger partial charge in [0.15, 0.2) is 0 Å². The number of alkyl carbamates (subject to hydrolysis) is 1. The minimum atomic E-state index is -0.458. The van der Waals surface area contributed by atoms with Gasteiger partial charge in [-0.25, -0.2) is 4.79 Å². The van der Waals surface area contributed by atoms with Crippen molar-refractivity contribution in [3.8, 4) is 0 Å². The fourth-order valence-corrected chi connectivity index (χ4v) is 3.27. The first-order valence-corrected chi connectivity index (χ1v) is 8.03. The van der Waals surface area contributed by atoms with E-state index in [1.54, 1.807) is 0 Å². The van der Waals surface area contributed by atoms with Gasteiger partial charge in [0.25, 0.3) is 0 Å². The van der Waals surface area contributed by atoms with E-state index in [2.05, 4.69) is 19.2 Å². The summed E-state index contributed by atoms with van der Waals surface area (Å²) in [5.74, 6) is 0.791. The van der Waals surface area contributed by atoms with Gasteiger partial charge in [-0.15, -0.1) is 0 Å². The molecule has 0 bridgehead atoms. The van der Waals surface area contributed by atoms with Gasteiger partial charge in [-0.3, -0.25) is 4.79 Å². The number of carbonyl (C=O) groups excluding carboxylic acids is 2. The number of Topliss-reactive ketones (excluding diaryl/α,β-unsaturated/α-hetero) is 1. The number of ether oxygens (including phenoxy) is 1. The van der Waals surface area contributed by atoms with Crippen LogP contribution in [0.3, 0.4) is 0 Å². The van der Waals surface area contributed by atoms with E-state index in [0.29, 0.717) is 12.3 Å². The largest absolute Gasteiger partial charge is 0.444 e. The molecule has 0 aromatic heterocycles. The molecule has 1 rings (SSSR count). The molecule has 0 aromatic rings. The summed E-state index contributed by atoms with van der Waals surface area (Å²) in [6, 6.07) is 0. The molecule has 0 spiro atoms. The Balaban J connectivity index is 2.23. The Bertz CT molecular complexity index is 382. The average Bonchev–Trinajstić information content (AvgIpc) is 2.47. The van der Waals surface area contributed by atoms with Crippen molar-refractivity contribution in [2.24, 2.45) is 17.3 Å². The van der Waals surface area contributed by atoms with Crippen LogP contribution in [0.4, 0.5) is 4.79 Å². The van der Waals surface area contributed by atoms with E-state index in [0.717, 1.165) is 25.7 Å². The highest BCUT2D eigenvalue weighted by Crippen LogP contribution is 2.45. The van der Waals surface area contributed by atoms with Crippen LogP contribution >= 0.6 is 0 Å². The fraction of sp³-hybridized carbons (Fsp3) is 0.882. The Morgan fingerprint density at radius 2 is 1.95 bits per heavy atom. The molecule has 1 amide bonds. The molecule has 1 saturated carbocycles. The Morgan fingerprint density at radius 1 is 1.33 bits per heavy atom. The zero-order valence-corrected chi connectivity index (χ0v) is 14.4. The lowest BCUT2D eigenvalue weighted by atomic mass is 9.79. The van der Waals surface area contributed by atoms with Crippen molar-refractivity contribution in [2.45, 2.75) is 72.8 Å². The predicted molar refractivity (Wildman–Crippen MR) is 84.1 cm³/mol. The normalized spacial score (nSPS) is 25.0. The van der Waals surface area contributed by atoms with Gasteiger partial charge in [0.05, 0.1) is 0 Å². The van der Waals surface area contributed by atoms with Gasteiger partial charge >= 0.3 is 6.09 Å². The molecule has 21 heavy (non-hydrogen) atoms. The summed E-state index contributed by atoms with van der Waals surface area (Å²) in [6.07, 6.45) is 3.39. The minimum absolute atomic E-state index is 0.120. The highest BCUT2D eigenvalue weighted by molar-refractivity contribution is 5.86. The molecule has 122 valence electrons. The first-order chi connectivity index (χ1) is 9.53. The molecule has 0 aliphatic heterocycles. The van der Waals surface area contributed by atoms with Crippen LogP contribution in [0, 0.1) is 17.3 Å². The monoisotopic (exact) mass is 297 g/mol. The highest BCUT2D eigenvalue weighted by atomic mass is 16.6. The van der Waals surface area contributed by atoms with Gasteiger partial charge in [0.2, 0.25) is 0 Å². The zero-order valence-electron chi connectivity index (χ0n) is 14.4. The second kappa shape index (κ2) is 6.80. The van der Waals surface area contributed by atoms with Gasteiger partial charge in [0, 0.05) is 18.4 Å². The SMILES string of the molecule is CC1CC(C)(C)[C@@H](CCCCNC(=O)OC(C)(C)C)C1=O. The second-order valence-electron chi connectivity index (χ2n) is 7.97. The van der Waals surface area contributed by atoms with Crippen LogP contribution in [0.25, 0.3) is 0 Å². The molecule has 1 aliphatic rings. The summed E-state index contributed by atoms with van der Waals surface area (Å²) in [5.41, 5.74) is -0.338. The number of ketones is 1. The average molecular weight is 297 g/mol. The molecule has 1 aliphatic carbocycles. The number of rotatable bonds is 5. The van der Waals surface area contributed by atoms with E-state index in [-0.39, 0.29) is 23.3 Å². The van der Waals surface area contributed by atoms with E-state index >= 15 is 0 Å². The van der Waals surface area contributed by atoms with Crippen molar-refractivity contribution >= 4 is 11.9 Å². The van der Waals surface area contributed by atoms with Crippen LogP contribution in [0.5, 0.6) is 0 Å². The molecule has 0 heterocycles. The van der Waals surface area contributed by atoms with E-state index in [4.69, 9.17) is 4.74 Å². The summed E-state index contributed by atoms with van der Waals surface area (Å²) in [5, 5.41) is 2.76. The van der Waals surface area contributed by atoms with Gasteiger partial charge in [-0.2, -0.15) is 0 Å². The van der Waals surface area contributed by atoms with Crippen LogP contribution in [0.1, 0.15) is 67.2 Å². The number of carbonyl (C=O) groups is 2. The molecule has 2 atom stereocenters. The third-order valence-corrected chi connectivity index (χ3v) is 4.19. The Labute approximate surface area is 129 Å². The van der Waals surface area contributed by atoms with Crippen LogP contribution in [-0.4, -0.2) is 24.0 Å². The first-order valence-electron chi connectivity index (χ1n) is 8.03. The second-order valence-corrected chi connectivity index (χ2v) is 7.97. The molecule has 0 aromatic carbocycles. The van der Waals surface area contributed by atoms with Crippen molar-refractivity contribution in [3.05, 3.63) is 0 Å². The van der Waals surface area contributed by atoms with Crippen LogP contribution in [0.2, 0.25) is 0 Å². The summed E-state index contributed by atoms with van der Waals surface area (Å²) in [7, 11) is 0. The van der Waals surface area contributed by atoms with Crippen LogP contribution in [0.15, 0.2) is 0 Å². The van der Waals surface area contributed by atoms with Gasteiger partial charge in [-0.05, 0) is 45.4 Å². The number of nitrogens with one attached hydrogen (secondary N) is 1. The smallest absolute Gasteiger partial charge is 0.407 e. The van der Waals surface area contributed by atoms with Crippen molar-refractivity contribution in [2.75, 3.05) is 6.54 Å². The molecule has 1 unspecified atom stereocenters. The first kappa shape index (κ1) is 18.0. The minimum Gasteiger partial charge on any atom is -0.444 e. The summed E-state index contributed by atoms with van der Waals surface area (Å²) >= 11 is 0. The number of amides is 1. The third kappa shape index (κ3) is 5.68. The molecule has 4 heteroatoms. The van der Waals surface area contributed by atoms with Gasteiger partial charge in [-0.1, -0.05) is 27.2 Å². The summed E-state index contributed by atoms with van der Waals surface area (Å²) < 4.78 is 5.18. The summed E-state index contributed by atoms with van der Waals surface area (Å²) in [4.78, 5) is 23.6. The molecule has 1 N–H and O–H groups in total. The molecular weight excluding hydrogens is 266 g/mol. The maximum absolute atomic E-state index is 12.2. The quantitative estimate of drug-likeness (QED) is 0.782. The van der Waals surface area contributed by atoms with Gasteiger partial charge in [0.1, 0.15) is 11.4 Å². The molecule has 0 radical (unpaired) electrons. The van der Waals surface area contributed by atoms with E-state index in [1.165, 1.54) is 0 Å². The molecule has 4 nitrogen and oxygen atoms in total.